The lowest BCUT2D eigenvalue weighted by Gasteiger charge is -2.07. The molecule has 0 saturated carbocycles. The van der Waals surface area contributed by atoms with Crippen molar-refractivity contribution in [3.8, 4) is 17.2 Å². The average Bonchev–Trinajstić information content (AvgIpc) is 2.55. The third-order valence-corrected chi connectivity index (χ3v) is 3.40. The molecule has 0 saturated heterocycles. The Labute approximate surface area is 140 Å². The van der Waals surface area contributed by atoms with Crippen LogP contribution in [0.25, 0.3) is 6.08 Å². The van der Waals surface area contributed by atoms with Crippen LogP contribution in [0.15, 0.2) is 42.5 Å². The highest BCUT2D eigenvalue weighted by Gasteiger charge is 2.06. The van der Waals surface area contributed by atoms with Crippen molar-refractivity contribution in [3.63, 3.8) is 0 Å². The first-order chi connectivity index (χ1) is 11.0. The van der Waals surface area contributed by atoms with Crippen LogP contribution in [0.2, 0.25) is 5.02 Å². The van der Waals surface area contributed by atoms with Crippen molar-refractivity contribution < 1.29 is 19.0 Å². The molecular formula is C18H17ClO4. The van der Waals surface area contributed by atoms with Crippen molar-refractivity contribution in [2.24, 2.45) is 0 Å². The third-order valence-electron chi connectivity index (χ3n) is 3.17. The predicted octanol–water partition coefficient (Wildman–Crippen LogP) is 4.28. The van der Waals surface area contributed by atoms with Crippen molar-refractivity contribution in [2.75, 3.05) is 14.2 Å². The van der Waals surface area contributed by atoms with Gasteiger partial charge in [-0.25, -0.2) is 4.79 Å². The van der Waals surface area contributed by atoms with Gasteiger partial charge in [-0.1, -0.05) is 17.7 Å². The van der Waals surface area contributed by atoms with E-state index in [2.05, 4.69) is 0 Å². The topological polar surface area (TPSA) is 44.8 Å². The molecule has 0 amide bonds. The molecule has 0 aliphatic rings. The largest absolute Gasteiger partial charge is 0.493 e. The molecule has 2 rings (SSSR count). The molecule has 0 bridgehead atoms. The summed E-state index contributed by atoms with van der Waals surface area (Å²) in [5.41, 5.74) is 1.60. The van der Waals surface area contributed by atoms with Gasteiger partial charge < -0.3 is 14.2 Å². The summed E-state index contributed by atoms with van der Waals surface area (Å²) in [7, 11) is 3.13. The molecular weight excluding hydrogens is 316 g/mol. The quantitative estimate of drug-likeness (QED) is 0.465. The van der Waals surface area contributed by atoms with Crippen molar-refractivity contribution in [1.82, 2.24) is 0 Å². The van der Waals surface area contributed by atoms with Gasteiger partial charge in [0.2, 0.25) is 0 Å². The molecule has 2 aromatic rings. The number of hydrogen-bond donors (Lipinski definition) is 0. The molecule has 0 heterocycles. The average molecular weight is 333 g/mol. The summed E-state index contributed by atoms with van der Waals surface area (Å²) >= 11 is 5.87. The van der Waals surface area contributed by atoms with E-state index in [1.54, 1.807) is 50.6 Å². The molecule has 4 nitrogen and oxygen atoms in total. The van der Waals surface area contributed by atoms with Crippen LogP contribution >= 0.6 is 11.6 Å². The number of halogens is 1. The van der Waals surface area contributed by atoms with Crippen LogP contribution in [0.3, 0.4) is 0 Å². The second kappa shape index (κ2) is 7.70. The summed E-state index contributed by atoms with van der Waals surface area (Å²) in [6, 6.07) is 10.4. The Bertz CT molecular complexity index is 738. The highest BCUT2D eigenvalue weighted by molar-refractivity contribution is 6.30. The van der Waals surface area contributed by atoms with Gasteiger partial charge in [0.05, 0.1) is 14.2 Å². The summed E-state index contributed by atoms with van der Waals surface area (Å²) in [4.78, 5) is 11.9. The number of esters is 1. The van der Waals surface area contributed by atoms with Crippen LogP contribution in [0.5, 0.6) is 17.2 Å². The second-order valence-electron chi connectivity index (χ2n) is 4.78. The molecule has 0 spiro atoms. The van der Waals surface area contributed by atoms with Gasteiger partial charge in [-0.2, -0.15) is 0 Å². The number of methoxy groups -OCH3 is 2. The number of hydrogen-bond acceptors (Lipinski definition) is 4. The van der Waals surface area contributed by atoms with Gasteiger partial charge in [0.25, 0.3) is 0 Å². The monoisotopic (exact) mass is 332 g/mol. The highest BCUT2D eigenvalue weighted by atomic mass is 35.5. The SMILES string of the molecule is COc1ccc(C=CC(=O)Oc2ccc(Cl)cc2C)cc1OC. The fourth-order valence-corrected chi connectivity index (χ4v) is 2.22. The van der Waals surface area contributed by atoms with Gasteiger partial charge in [0.15, 0.2) is 11.5 Å². The Morgan fingerprint density at radius 3 is 2.35 bits per heavy atom. The minimum Gasteiger partial charge on any atom is -0.493 e. The molecule has 0 N–H and O–H groups in total. The van der Waals surface area contributed by atoms with Crippen molar-refractivity contribution >= 4 is 23.6 Å². The van der Waals surface area contributed by atoms with Crippen molar-refractivity contribution in [3.05, 3.63) is 58.6 Å². The lowest BCUT2D eigenvalue weighted by atomic mass is 10.2. The Balaban J connectivity index is 2.09. The van der Waals surface area contributed by atoms with Gasteiger partial charge in [-0.05, 0) is 54.5 Å². The molecule has 120 valence electrons. The van der Waals surface area contributed by atoms with E-state index in [4.69, 9.17) is 25.8 Å². The van der Waals surface area contributed by atoms with Gasteiger partial charge >= 0.3 is 5.97 Å². The zero-order chi connectivity index (χ0) is 16.8. The lowest BCUT2D eigenvalue weighted by molar-refractivity contribution is -0.128. The van der Waals surface area contributed by atoms with E-state index in [-0.39, 0.29) is 0 Å². The van der Waals surface area contributed by atoms with Crippen molar-refractivity contribution in [1.29, 1.82) is 0 Å². The Morgan fingerprint density at radius 1 is 1.00 bits per heavy atom. The Kier molecular flexibility index (Phi) is 5.66. The van der Waals surface area contributed by atoms with E-state index in [1.165, 1.54) is 6.08 Å². The normalized spacial score (nSPS) is 10.6. The summed E-state index contributed by atoms with van der Waals surface area (Å²) in [6.45, 7) is 1.83. The molecule has 0 fully saturated rings. The van der Waals surface area contributed by atoms with E-state index in [1.807, 2.05) is 13.0 Å². The molecule has 0 aliphatic carbocycles. The molecule has 0 aliphatic heterocycles. The Hall–Kier alpha value is -2.46. The fraction of sp³-hybridized carbons (Fsp3) is 0.167. The van der Waals surface area contributed by atoms with E-state index < -0.39 is 5.97 Å². The summed E-state index contributed by atoms with van der Waals surface area (Å²) in [5, 5.41) is 0.600. The maximum atomic E-state index is 11.9. The first-order valence-electron chi connectivity index (χ1n) is 6.91. The standard InChI is InChI=1S/C18H17ClO4/c1-12-10-14(19)6-8-15(12)23-18(20)9-5-13-4-7-16(21-2)17(11-13)22-3/h4-11H,1-3H3. The van der Waals surface area contributed by atoms with E-state index in [0.29, 0.717) is 22.3 Å². The number of benzene rings is 2. The molecule has 23 heavy (non-hydrogen) atoms. The lowest BCUT2D eigenvalue weighted by Crippen LogP contribution is -2.04. The Morgan fingerprint density at radius 2 is 1.70 bits per heavy atom. The highest BCUT2D eigenvalue weighted by Crippen LogP contribution is 2.28. The van der Waals surface area contributed by atoms with E-state index in [9.17, 15) is 4.79 Å². The van der Waals surface area contributed by atoms with Crippen LogP contribution in [0.4, 0.5) is 0 Å². The molecule has 0 atom stereocenters. The maximum Gasteiger partial charge on any atom is 0.336 e. The van der Waals surface area contributed by atoms with Crippen molar-refractivity contribution in [2.45, 2.75) is 6.92 Å². The van der Waals surface area contributed by atoms with Gasteiger partial charge in [-0.3, -0.25) is 0 Å². The molecule has 2 aromatic carbocycles. The number of ether oxygens (including phenoxy) is 3. The van der Waals surface area contributed by atoms with Crippen LogP contribution < -0.4 is 14.2 Å². The number of rotatable bonds is 5. The number of aryl methyl sites for hydroxylation is 1. The summed E-state index contributed by atoms with van der Waals surface area (Å²) in [5.74, 6) is 1.24. The summed E-state index contributed by atoms with van der Waals surface area (Å²) < 4.78 is 15.7. The number of carbonyl (C=O) groups is 1. The predicted molar refractivity (Wildman–Crippen MR) is 90.4 cm³/mol. The van der Waals surface area contributed by atoms with Gasteiger partial charge in [-0.15, -0.1) is 0 Å². The van der Waals surface area contributed by atoms with E-state index >= 15 is 0 Å². The molecule has 0 unspecified atom stereocenters. The maximum absolute atomic E-state index is 11.9. The molecule has 5 heteroatoms. The number of carbonyl (C=O) groups excluding carboxylic acids is 1. The molecule has 0 aromatic heterocycles. The minimum absolute atomic E-state index is 0.467. The third kappa shape index (κ3) is 4.50. The zero-order valence-electron chi connectivity index (χ0n) is 13.1. The first-order valence-corrected chi connectivity index (χ1v) is 7.29. The minimum atomic E-state index is -0.467. The van der Waals surface area contributed by atoms with Gasteiger partial charge in [0.1, 0.15) is 5.75 Å². The van der Waals surface area contributed by atoms with Gasteiger partial charge in [0, 0.05) is 11.1 Å². The zero-order valence-corrected chi connectivity index (χ0v) is 13.9. The summed E-state index contributed by atoms with van der Waals surface area (Å²) in [6.07, 6.45) is 3.00. The molecule has 0 radical (unpaired) electrons. The van der Waals surface area contributed by atoms with Crippen LogP contribution in [0, 0.1) is 6.92 Å². The first kappa shape index (κ1) is 16.9. The van der Waals surface area contributed by atoms with Crippen LogP contribution in [-0.2, 0) is 4.79 Å². The smallest absolute Gasteiger partial charge is 0.336 e. The van der Waals surface area contributed by atoms with E-state index in [0.717, 1.165) is 11.1 Å². The van der Waals surface area contributed by atoms with Crippen LogP contribution in [0.1, 0.15) is 11.1 Å². The fourth-order valence-electron chi connectivity index (χ4n) is 1.99. The second-order valence-corrected chi connectivity index (χ2v) is 5.22. The van der Waals surface area contributed by atoms with Crippen LogP contribution in [-0.4, -0.2) is 20.2 Å².